The van der Waals surface area contributed by atoms with Gasteiger partial charge in [0.15, 0.2) is 0 Å². The van der Waals surface area contributed by atoms with Crippen LogP contribution in [-0.4, -0.2) is 49.6 Å². The van der Waals surface area contributed by atoms with Gasteiger partial charge in [-0.2, -0.15) is 0 Å². The molecule has 136 valence electrons. The van der Waals surface area contributed by atoms with Gasteiger partial charge in [-0.15, -0.1) is 0 Å². The number of carboxylic acid groups (broad SMARTS) is 1. The molecular formula is C19H31NO4. The number of aliphatic carboxylic acids is 1. The van der Waals surface area contributed by atoms with E-state index in [-0.39, 0.29) is 30.7 Å². The Bertz CT molecular complexity index is 470. The molecule has 0 radical (unpaired) electrons. The zero-order valence-electron chi connectivity index (χ0n) is 15.2. The second-order valence-electron chi connectivity index (χ2n) is 6.24. The summed E-state index contributed by atoms with van der Waals surface area (Å²) in [5, 5.41) is 12.0. The Balaban J connectivity index is 2.80. The molecule has 1 saturated heterocycles. The van der Waals surface area contributed by atoms with E-state index in [0.29, 0.717) is 6.61 Å². The van der Waals surface area contributed by atoms with Gasteiger partial charge in [-0.3, -0.25) is 10.1 Å². The third kappa shape index (κ3) is 6.59. The van der Waals surface area contributed by atoms with Crippen molar-refractivity contribution in [3.63, 3.8) is 0 Å². The molecule has 1 rings (SSSR count). The third-order valence-electron chi connectivity index (χ3n) is 4.16. The van der Waals surface area contributed by atoms with Gasteiger partial charge < -0.3 is 14.6 Å². The minimum absolute atomic E-state index is 0.0834. The second kappa shape index (κ2) is 11.2. The van der Waals surface area contributed by atoms with Crippen molar-refractivity contribution in [2.24, 2.45) is 5.92 Å². The van der Waals surface area contributed by atoms with E-state index in [1.807, 2.05) is 31.2 Å². The Labute approximate surface area is 145 Å². The topological polar surface area (TPSA) is 67.8 Å². The number of allylic oxidation sites excluding steroid dienone is 5. The average molecular weight is 337 g/mol. The summed E-state index contributed by atoms with van der Waals surface area (Å²) in [7, 11) is 1.66. The first-order valence-electron chi connectivity index (χ1n) is 8.60. The van der Waals surface area contributed by atoms with E-state index in [2.05, 4.69) is 25.2 Å². The van der Waals surface area contributed by atoms with E-state index >= 15 is 0 Å². The lowest BCUT2D eigenvalue weighted by atomic mass is 9.88. The highest BCUT2D eigenvalue weighted by Gasteiger charge is 2.39. The molecule has 1 heterocycles. The maximum Gasteiger partial charge on any atom is 0.317 e. The first-order chi connectivity index (χ1) is 11.5. The number of carboxylic acids is 1. The number of hydrogen-bond acceptors (Lipinski definition) is 4. The van der Waals surface area contributed by atoms with E-state index in [1.165, 1.54) is 0 Å². The normalized spacial score (nSPS) is 28.8. The van der Waals surface area contributed by atoms with Gasteiger partial charge in [-0.05, 0) is 18.9 Å². The quantitative estimate of drug-likeness (QED) is 0.633. The van der Waals surface area contributed by atoms with E-state index in [1.54, 1.807) is 7.11 Å². The van der Waals surface area contributed by atoms with Crippen LogP contribution < -0.4 is 5.32 Å². The fourth-order valence-electron chi connectivity index (χ4n) is 2.91. The smallest absolute Gasteiger partial charge is 0.317 e. The molecular weight excluding hydrogens is 306 g/mol. The number of ether oxygens (including phenoxy) is 2. The van der Waals surface area contributed by atoms with Crippen LogP contribution in [-0.2, 0) is 14.3 Å². The van der Waals surface area contributed by atoms with Gasteiger partial charge in [-0.1, -0.05) is 50.6 Å². The van der Waals surface area contributed by atoms with Crippen molar-refractivity contribution in [3.05, 3.63) is 36.0 Å². The van der Waals surface area contributed by atoms with Crippen LogP contribution in [0.2, 0.25) is 0 Å². The van der Waals surface area contributed by atoms with Crippen LogP contribution in [0.3, 0.4) is 0 Å². The fourth-order valence-corrected chi connectivity index (χ4v) is 2.91. The summed E-state index contributed by atoms with van der Waals surface area (Å²) in [5.41, 5.74) is 1.05. The summed E-state index contributed by atoms with van der Waals surface area (Å²) in [6.45, 7) is 6.69. The Morgan fingerprint density at radius 1 is 1.38 bits per heavy atom. The van der Waals surface area contributed by atoms with Crippen LogP contribution in [0, 0.1) is 5.92 Å². The number of rotatable bonds is 9. The highest BCUT2D eigenvalue weighted by molar-refractivity contribution is 5.69. The van der Waals surface area contributed by atoms with E-state index in [9.17, 15) is 4.79 Å². The molecule has 0 aromatic heterocycles. The molecule has 24 heavy (non-hydrogen) atoms. The average Bonchev–Trinajstić information content (AvgIpc) is 2.55. The molecule has 0 aromatic rings. The molecule has 5 nitrogen and oxygen atoms in total. The lowest BCUT2D eigenvalue weighted by Crippen LogP contribution is -2.58. The largest absolute Gasteiger partial charge is 0.480 e. The van der Waals surface area contributed by atoms with Crippen LogP contribution in [0.5, 0.6) is 0 Å². The van der Waals surface area contributed by atoms with Gasteiger partial charge in [0.2, 0.25) is 0 Å². The van der Waals surface area contributed by atoms with Crippen molar-refractivity contribution in [2.75, 3.05) is 20.3 Å². The third-order valence-corrected chi connectivity index (χ3v) is 4.16. The molecule has 0 aliphatic carbocycles. The van der Waals surface area contributed by atoms with Crippen molar-refractivity contribution in [1.82, 2.24) is 5.32 Å². The summed E-state index contributed by atoms with van der Waals surface area (Å²) < 4.78 is 11.6. The Morgan fingerprint density at radius 2 is 2.12 bits per heavy atom. The molecule has 0 aromatic carbocycles. The minimum atomic E-state index is -0.885. The molecule has 5 heteroatoms. The Hall–Kier alpha value is -1.43. The number of hydrogen-bond donors (Lipinski definition) is 2. The summed E-state index contributed by atoms with van der Waals surface area (Å²) in [6, 6.07) is -0.185. The summed E-state index contributed by atoms with van der Waals surface area (Å²) in [6.07, 6.45) is 12.1. The van der Waals surface area contributed by atoms with Crippen molar-refractivity contribution in [2.45, 2.75) is 51.9 Å². The van der Waals surface area contributed by atoms with Gasteiger partial charge >= 0.3 is 5.97 Å². The molecule has 4 atom stereocenters. The molecule has 1 fully saturated rings. The van der Waals surface area contributed by atoms with Gasteiger partial charge in [-0.25, -0.2) is 0 Å². The molecule has 0 saturated carbocycles. The number of nitrogens with one attached hydrogen (secondary N) is 1. The highest BCUT2D eigenvalue weighted by Crippen LogP contribution is 2.26. The van der Waals surface area contributed by atoms with Gasteiger partial charge in [0, 0.05) is 13.0 Å². The molecule has 1 aliphatic rings. The van der Waals surface area contributed by atoms with Crippen LogP contribution in [0.15, 0.2) is 36.0 Å². The standard InChI is InChI=1S/C19H31NO4/c1-5-6-7-8-9-10-11-14(2)19-17(20-12-16(21)22)18(23-4)15(3)13-24-19/h7-11,15,17-20H,5-6,12-13H2,1-4H3,(H,21,22)/t15-,17?,18?,19?/m0/s1. The first kappa shape index (κ1) is 20.6. The van der Waals surface area contributed by atoms with Crippen molar-refractivity contribution < 1.29 is 19.4 Å². The summed E-state index contributed by atoms with van der Waals surface area (Å²) in [4.78, 5) is 10.9. The highest BCUT2D eigenvalue weighted by atomic mass is 16.5. The van der Waals surface area contributed by atoms with E-state index in [4.69, 9.17) is 14.6 Å². The number of methoxy groups -OCH3 is 1. The molecule has 0 amide bonds. The van der Waals surface area contributed by atoms with Crippen LogP contribution in [0.25, 0.3) is 0 Å². The number of unbranched alkanes of at least 4 members (excludes halogenated alkanes) is 1. The lowest BCUT2D eigenvalue weighted by molar-refractivity contribution is -0.138. The monoisotopic (exact) mass is 337 g/mol. The molecule has 1 aliphatic heterocycles. The number of carbonyl (C=O) groups is 1. The summed E-state index contributed by atoms with van der Waals surface area (Å²) in [5.74, 6) is -0.678. The maximum absolute atomic E-state index is 10.9. The van der Waals surface area contributed by atoms with Gasteiger partial charge in [0.05, 0.1) is 31.4 Å². The first-order valence-corrected chi connectivity index (χ1v) is 8.60. The maximum atomic E-state index is 10.9. The SMILES string of the molecule is CCCC=CC=CC=C(C)C1OC[C@H](C)C(OC)C1NCC(=O)O. The summed E-state index contributed by atoms with van der Waals surface area (Å²) >= 11 is 0. The van der Waals surface area contributed by atoms with E-state index in [0.717, 1.165) is 18.4 Å². The van der Waals surface area contributed by atoms with Crippen molar-refractivity contribution >= 4 is 5.97 Å². The minimum Gasteiger partial charge on any atom is -0.480 e. The van der Waals surface area contributed by atoms with Gasteiger partial charge in [0.1, 0.15) is 0 Å². The Kier molecular flexibility index (Phi) is 9.60. The predicted octanol–water partition coefficient (Wildman–Crippen LogP) is 2.94. The molecule has 3 unspecified atom stereocenters. The van der Waals surface area contributed by atoms with Crippen LogP contribution in [0.4, 0.5) is 0 Å². The van der Waals surface area contributed by atoms with Crippen molar-refractivity contribution in [1.29, 1.82) is 0 Å². The Morgan fingerprint density at radius 3 is 2.75 bits per heavy atom. The van der Waals surface area contributed by atoms with Gasteiger partial charge in [0.25, 0.3) is 0 Å². The zero-order valence-corrected chi connectivity index (χ0v) is 15.2. The molecule has 0 spiro atoms. The molecule has 0 bridgehead atoms. The zero-order chi connectivity index (χ0) is 17.9. The molecule has 2 N–H and O–H groups in total. The van der Waals surface area contributed by atoms with E-state index < -0.39 is 5.97 Å². The van der Waals surface area contributed by atoms with Crippen molar-refractivity contribution in [3.8, 4) is 0 Å². The predicted molar refractivity (Wildman–Crippen MR) is 96.1 cm³/mol. The van der Waals surface area contributed by atoms with Crippen LogP contribution in [0.1, 0.15) is 33.6 Å². The lowest BCUT2D eigenvalue weighted by Gasteiger charge is -2.41. The fraction of sp³-hybridized carbons (Fsp3) is 0.632. The van der Waals surface area contributed by atoms with Crippen LogP contribution >= 0.6 is 0 Å². The second-order valence-corrected chi connectivity index (χ2v) is 6.24.